The highest BCUT2D eigenvalue weighted by Gasteiger charge is 2.22. The molecule has 0 saturated carbocycles. The van der Waals surface area contributed by atoms with Crippen molar-refractivity contribution in [1.29, 1.82) is 0 Å². The highest BCUT2D eigenvalue weighted by molar-refractivity contribution is 6.01. The van der Waals surface area contributed by atoms with E-state index in [0.29, 0.717) is 17.2 Å². The van der Waals surface area contributed by atoms with Gasteiger partial charge in [-0.2, -0.15) is 0 Å². The van der Waals surface area contributed by atoms with Gasteiger partial charge in [-0.05, 0) is 25.0 Å². The zero-order chi connectivity index (χ0) is 12.5. The molecule has 0 atom stereocenters. The summed E-state index contributed by atoms with van der Waals surface area (Å²) in [7, 11) is 0. The first-order valence-electron chi connectivity index (χ1n) is 6.08. The standard InChI is InChI=1S/C12H14N4O2/c17-10-7-13-11-8(14-10)3-4-9(15-11)12(18)16-5-1-2-6-16/h3-4H,1-2,5-7H2,(H,13,15)(H,14,17). The third kappa shape index (κ3) is 1.90. The molecule has 0 spiro atoms. The van der Waals surface area contributed by atoms with Crippen LogP contribution in [0.4, 0.5) is 11.5 Å². The highest BCUT2D eigenvalue weighted by Crippen LogP contribution is 2.23. The fourth-order valence-corrected chi connectivity index (χ4v) is 2.25. The molecule has 18 heavy (non-hydrogen) atoms. The largest absolute Gasteiger partial charge is 0.359 e. The van der Waals surface area contributed by atoms with Crippen LogP contribution in [0.15, 0.2) is 12.1 Å². The van der Waals surface area contributed by atoms with E-state index < -0.39 is 0 Å². The van der Waals surface area contributed by atoms with Gasteiger partial charge in [0.15, 0.2) is 5.82 Å². The van der Waals surface area contributed by atoms with E-state index >= 15 is 0 Å². The van der Waals surface area contributed by atoms with Crippen LogP contribution >= 0.6 is 0 Å². The smallest absolute Gasteiger partial charge is 0.272 e. The number of rotatable bonds is 1. The number of anilines is 2. The van der Waals surface area contributed by atoms with Crippen LogP contribution in [0.5, 0.6) is 0 Å². The number of likely N-dealkylation sites (tertiary alicyclic amines) is 1. The molecule has 0 unspecified atom stereocenters. The van der Waals surface area contributed by atoms with Gasteiger partial charge in [-0.25, -0.2) is 4.98 Å². The molecular weight excluding hydrogens is 232 g/mol. The van der Waals surface area contributed by atoms with Crippen molar-refractivity contribution in [3.8, 4) is 0 Å². The molecule has 0 radical (unpaired) electrons. The minimum atomic E-state index is -0.0945. The molecule has 2 N–H and O–H groups in total. The van der Waals surface area contributed by atoms with Gasteiger partial charge in [0.1, 0.15) is 5.69 Å². The maximum absolute atomic E-state index is 12.1. The number of fused-ring (bicyclic) bond motifs is 1. The van der Waals surface area contributed by atoms with Gasteiger partial charge in [0.25, 0.3) is 5.91 Å². The molecule has 1 fully saturated rings. The summed E-state index contributed by atoms with van der Waals surface area (Å²) < 4.78 is 0. The maximum atomic E-state index is 12.1. The number of hydrogen-bond donors (Lipinski definition) is 2. The van der Waals surface area contributed by atoms with Crippen molar-refractivity contribution in [3.05, 3.63) is 17.8 Å². The lowest BCUT2D eigenvalue weighted by Gasteiger charge is -2.19. The van der Waals surface area contributed by atoms with E-state index in [1.165, 1.54) is 0 Å². The Bertz CT molecular complexity index is 509. The number of aromatic nitrogens is 1. The van der Waals surface area contributed by atoms with Crippen molar-refractivity contribution < 1.29 is 9.59 Å². The Morgan fingerprint density at radius 2 is 2.06 bits per heavy atom. The average molecular weight is 246 g/mol. The number of carbonyl (C=O) groups is 2. The van der Waals surface area contributed by atoms with Crippen molar-refractivity contribution in [3.63, 3.8) is 0 Å². The van der Waals surface area contributed by atoms with E-state index in [0.717, 1.165) is 25.9 Å². The minimum Gasteiger partial charge on any atom is -0.359 e. The molecule has 1 aromatic heterocycles. The number of carbonyl (C=O) groups excluding carboxylic acids is 2. The van der Waals surface area contributed by atoms with Gasteiger partial charge in [0.05, 0.1) is 12.2 Å². The van der Waals surface area contributed by atoms with Crippen LogP contribution in [0.25, 0.3) is 0 Å². The van der Waals surface area contributed by atoms with Crippen molar-refractivity contribution in [2.24, 2.45) is 0 Å². The lowest BCUT2D eigenvalue weighted by atomic mass is 10.2. The quantitative estimate of drug-likeness (QED) is 0.764. The lowest BCUT2D eigenvalue weighted by Crippen LogP contribution is -2.31. The van der Waals surface area contributed by atoms with Gasteiger partial charge < -0.3 is 15.5 Å². The van der Waals surface area contributed by atoms with E-state index in [1.807, 2.05) is 4.90 Å². The molecule has 1 aromatic rings. The molecule has 0 aromatic carbocycles. The number of pyridine rings is 1. The maximum Gasteiger partial charge on any atom is 0.272 e. The van der Waals surface area contributed by atoms with Crippen LogP contribution in [0.3, 0.4) is 0 Å². The van der Waals surface area contributed by atoms with Crippen LogP contribution in [0.1, 0.15) is 23.3 Å². The minimum absolute atomic E-state index is 0.0333. The number of amides is 2. The summed E-state index contributed by atoms with van der Waals surface area (Å²) in [6, 6.07) is 3.38. The summed E-state index contributed by atoms with van der Waals surface area (Å²) in [5.74, 6) is 0.441. The second-order valence-electron chi connectivity index (χ2n) is 4.49. The van der Waals surface area contributed by atoms with E-state index in [2.05, 4.69) is 15.6 Å². The molecule has 3 rings (SSSR count). The Balaban J connectivity index is 1.85. The van der Waals surface area contributed by atoms with Gasteiger partial charge in [-0.15, -0.1) is 0 Å². The zero-order valence-electron chi connectivity index (χ0n) is 9.90. The molecule has 2 aliphatic heterocycles. The molecule has 0 aliphatic carbocycles. The Labute approximate surface area is 104 Å². The van der Waals surface area contributed by atoms with Crippen LogP contribution in [0, 0.1) is 0 Å². The fraction of sp³-hybridized carbons (Fsp3) is 0.417. The van der Waals surface area contributed by atoms with E-state index in [4.69, 9.17) is 0 Å². The Kier molecular flexibility index (Phi) is 2.62. The lowest BCUT2D eigenvalue weighted by molar-refractivity contribution is -0.114. The van der Waals surface area contributed by atoms with Crippen LogP contribution in [-0.4, -0.2) is 41.3 Å². The fourth-order valence-electron chi connectivity index (χ4n) is 2.25. The highest BCUT2D eigenvalue weighted by atomic mass is 16.2. The summed E-state index contributed by atoms with van der Waals surface area (Å²) in [5, 5.41) is 5.61. The number of hydrogen-bond acceptors (Lipinski definition) is 4. The van der Waals surface area contributed by atoms with Gasteiger partial charge >= 0.3 is 0 Å². The molecule has 2 amide bonds. The first-order valence-corrected chi connectivity index (χ1v) is 6.08. The van der Waals surface area contributed by atoms with E-state index in [-0.39, 0.29) is 18.4 Å². The molecule has 6 heteroatoms. The SMILES string of the molecule is O=C1CNc2nc(C(=O)N3CCCC3)ccc2N1. The summed E-state index contributed by atoms with van der Waals surface area (Å²) >= 11 is 0. The third-order valence-corrected chi connectivity index (χ3v) is 3.20. The monoisotopic (exact) mass is 246 g/mol. The summed E-state index contributed by atoms with van der Waals surface area (Å²) in [6.45, 7) is 1.81. The summed E-state index contributed by atoms with van der Waals surface area (Å²) in [4.78, 5) is 29.4. The molecule has 0 bridgehead atoms. The topological polar surface area (TPSA) is 74.3 Å². The molecule has 6 nitrogen and oxygen atoms in total. The predicted octanol–water partition coefficient (Wildman–Crippen LogP) is 0.682. The molecule has 3 heterocycles. The molecule has 94 valence electrons. The van der Waals surface area contributed by atoms with E-state index in [1.54, 1.807) is 12.1 Å². The van der Waals surface area contributed by atoms with Gasteiger partial charge in [-0.3, -0.25) is 9.59 Å². The second kappa shape index (κ2) is 4.29. The van der Waals surface area contributed by atoms with Crippen molar-refractivity contribution in [2.45, 2.75) is 12.8 Å². The second-order valence-corrected chi connectivity index (χ2v) is 4.49. The average Bonchev–Trinajstić information content (AvgIpc) is 2.91. The van der Waals surface area contributed by atoms with Crippen molar-refractivity contribution in [1.82, 2.24) is 9.88 Å². The normalized spacial score (nSPS) is 18.0. The molecule has 2 aliphatic rings. The number of nitrogens with zero attached hydrogens (tertiary/aromatic N) is 2. The Morgan fingerprint density at radius 3 is 2.83 bits per heavy atom. The zero-order valence-corrected chi connectivity index (χ0v) is 9.90. The molecule has 1 saturated heterocycles. The van der Waals surface area contributed by atoms with Crippen LogP contribution in [0.2, 0.25) is 0 Å². The predicted molar refractivity (Wildman–Crippen MR) is 66.5 cm³/mol. The first-order chi connectivity index (χ1) is 8.74. The van der Waals surface area contributed by atoms with Crippen LogP contribution in [-0.2, 0) is 4.79 Å². The third-order valence-electron chi connectivity index (χ3n) is 3.20. The Hall–Kier alpha value is -2.11. The van der Waals surface area contributed by atoms with Gasteiger partial charge in [0, 0.05) is 13.1 Å². The van der Waals surface area contributed by atoms with Crippen LogP contribution < -0.4 is 10.6 Å². The molecular formula is C12H14N4O2. The van der Waals surface area contributed by atoms with Gasteiger partial charge in [0.2, 0.25) is 5.91 Å². The van der Waals surface area contributed by atoms with Gasteiger partial charge in [-0.1, -0.05) is 0 Å². The number of nitrogens with one attached hydrogen (secondary N) is 2. The first kappa shape index (κ1) is 11.0. The Morgan fingerprint density at radius 1 is 1.28 bits per heavy atom. The summed E-state index contributed by atoms with van der Waals surface area (Å²) in [6.07, 6.45) is 2.12. The van der Waals surface area contributed by atoms with Crippen molar-refractivity contribution >= 4 is 23.3 Å². The van der Waals surface area contributed by atoms with Crippen molar-refractivity contribution in [2.75, 3.05) is 30.3 Å². The summed E-state index contributed by atoms with van der Waals surface area (Å²) in [5.41, 5.74) is 1.06. The van der Waals surface area contributed by atoms with E-state index in [9.17, 15) is 9.59 Å².